The smallest absolute Gasteiger partial charge is 0.296 e. The summed E-state index contributed by atoms with van der Waals surface area (Å²) in [5.41, 5.74) is 2.14. The van der Waals surface area contributed by atoms with Gasteiger partial charge < -0.3 is 10.1 Å². The van der Waals surface area contributed by atoms with Gasteiger partial charge in [-0.2, -0.15) is 15.0 Å². The Bertz CT molecular complexity index is 973. The van der Waals surface area contributed by atoms with Crippen LogP contribution in [0, 0.1) is 0 Å². The molecule has 0 aliphatic heterocycles. The number of aromatic nitrogens is 5. The molecule has 0 aliphatic rings. The van der Waals surface area contributed by atoms with E-state index in [-0.39, 0.29) is 5.28 Å². The van der Waals surface area contributed by atoms with Crippen molar-refractivity contribution in [3.63, 3.8) is 0 Å². The number of imidazole rings is 1. The number of aromatic amines is 1. The molecule has 0 aliphatic carbocycles. The molecule has 0 radical (unpaired) electrons. The van der Waals surface area contributed by atoms with Crippen molar-refractivity contribution < 1.29 is 4.74 Å². The van der Waals surface area contributed by atoms with Crippen LogP contribution in [0.15, 0.2) is 41.9 Å². The topological polar surface area (TPSA) is 88.6 Å². The standard InChI is InChI=1S/C16H13ClN6OS/c17-15-21-13(19-8-11-18-6-7-25-11)12-14(22-15)23-16(20-12)24-9-10-4-2-1-3-5-10/h1-7H,8-9H2,(H2,19,20,21,22,23). The predicted octanol–water partition coefficient (Wildman–Crippen LogP) is 3.65. The molecule has 25 heavy (non-hydrogen) atoms. The van der Waals surface area contributed by atoms with Crippen LogP contribution in [-0.4, -0.2) is 24.9 Å². The molecule has 0 bridgehead atoms. The van der Waals surface area contributed by atoms with Crippen molar-refractivity contribution in [3.05, 3.63) is 57.8 Å². The van der Waals surface area contributed by atoms with Crippen LogP contribution in [0.3, 0.4) is 0 Å². The monoisotopic (exact) mass is 372 g/mol. The van der Waals surface area contributed by atoms with Crippen LogP contribution in [0.25, 0.3) is 11.2 Å². The average molecular weight is 373 g/mol. The van der Waals surface area contributed by atoms with Gasteiger partial charge in [0.25, 0.3) is 6.01 Å². The summed E-state index contributed by atoms with van der Waals surface area (Å²) in [5, 5.41) is 6.19. The molecule has 1 aromatic carbocycles. The van der Waals surface area contributed by atoms with Gasteiger partial charge in [-0.3, -0.25) is 4.98 Å². The SMILES string of the molecule is Clc1nc(NCc2nccs2)c2nc(OCc3ccccc3)[nH]c2n1. The third-order valence-corrected chi connectivity index (χ3v) is 4.35. The first kappa shape index (κ1) is 15.8. The van der Waals surface area contributed by atoms with E-state index in [2.05, 4.69) is 30.2 Å². The van der Waals surface area contributed by atoms with Gasteiger partial charge in [-0.1, -0.05) is 30.3 Å². The highest BCUT2D eigenvalue weighted by molar-refractivity contribution is 7.09. The van der Waals surface area contributed by atoms with Crippen LogP contribution in [0.1, 0.15) is 10.6 Å². The molecule has 0 atom stereocenters. The highest BCUT2D eigenvalue weighted by Gasteiger charge is 2.13. The molecule has 0 saturated carbocycles. The van der Waals surface area contributed by atoms with Gasteiger partial charge in [-0.25, -0.2) is 4.98 Å². The Morgan fingerprint density at radius 1 is 1.16 bits per heavy atom. The lowest BCUT2D eigenvalue weighted by molar-refractivity contribution is 0.284. The van der Waals surface area contributed by atoms with Crippen molar-refractivity contribution in [2.24, 2.45) is 0 Å². The minimum Gasteiger partial charge on any atom is -0.460 e. The molecule has 0 unspecified atom stereocenters. The van der Waals surface area contributed by atoms with Crippen LogP contribution < -0.4 is 10.1 Å². The second kappa shape index (κ2) is 7.04. The Morgan fingerprint density at radius 2 is 2.04 bits per heavy atom. The van der Waals surface area contributed by atoms with Gasteiger partial charge in [0.05, 0.1) is 6.54 Å². The molecule has 2 N–H and O–H groups in total. The number of anilines is 1. The second-order valence-corrected chi connectivity index (χ2v) is 6.45. The third kappa shape index (κ3) is 3.70. The number of hydrogen-bond donors (Lipinski definition) is 2. The highest BCUT2D eigenvalue weighted by Crippen LogP contribution is 2.23. The van der Waals surface area contributed by atoms with E-state index in [9.17, 15) is 0 Å². The van der Waals surface area contributed by atoms with Crippen molar-refractivity contribution in [2.75, 3.05) is 5.32 Å². The zero-order valence-corrected chi connectivity index (χ0v) is 14.5. The molecule has 3 heterocycles. The number of rotatable bonds is 6. The van der Waals surface area contributed by atoms with E-state index < -0.39 is 0 Å². The van der Waals surface area contributed by atoms with Crippen molar-refractivity contribution in [1.82, 2.24) is 24.9 Å². The minimum atomic E-state index is 0.132. The largest absolute Gasteiger partial charge is 0.460 e. The Kier molecular flexibility index (Phi) is 4.45. The number of fused-ring (bicyclic) bond motifs is 1. The van der Waals surface area contributed by atoms with Crippen molar-refractivity contribution in [2.45, 2.75) is 13.2 Å². The molecule has 0 saturated heterocycles. The van der Waals surface area contributed by atoms with E-state index in [1.165, 1.54) is 0 Å². The Hall–Kier alpha value is -2.71. The summed E-state index contributed by atoms with van der Waals surface area (Å²) in [4.78, 5) is 20.0. The summed E-state index contributed by atoms with van der Waals surface area (Å²) in [5.74, 6) is 0.538. The first-order chi connectivity index (χ1) is 12.3. The van der Waals surface area contributed by atoms with Crippen molar-refractivity contribution >= 4 is 39.9 Å². The lowest BCUT2D eigenvalue weighted by atomic mass is 10.2. The lowest BCUT2D eigenvalue weighted by Crippen LogP contribution is -2.02. The number of hydrogen-bond acceptors (Lipinski definition) is 7. The minimum absolute atomic E-state index is 0.132. The first-order valence-electron chi connectivity index (χ1n) is 7.50. The summed E-state index contributed by atoms with van der Waals surface area (Å²) >= 11 is 7.56. The lowest BCUT2D eigenvalue weighted by Gasteiger charge is -2.03. The number of ether oxygens (including phenoxy) is 1. The normalized spacial score (nSPS) is 10.9. The van der Waals surface area contributed by atoms with Crippen LogP contribution in [0.4, 0.5) is 5.82 Å². The first-order valence-corrected chi connectivity index (χ1v) is 8.76. The number of halogens is 1. The quantitative estimate of drug-likeness (QED) is 0.502. The number of H-pyrrole nitrogens is 1. The van der Waals surface area contributed by atoms with Gasteiger partial charge in [0, 0.05) is 11.6 Å². The Balaban J connectivity index is 1.55. The summed E-state index contributed by atoms with van der Waals surface area (Å²) in [6.07, 6.45) is 1.76. The summed E-state index contributed by atoms with van der Waals surface area (Å²) in [7, 11) is 0. The maximum Gasteiger partial charge on any atom is 0.296 e. The summed E-state index contributed by atoms with van der Waals surface area (Å²) in [6.45, 7) is 0.941. The fourth-order valence-electron chi connectivity index (χ4n) is 2.27. The maximum absolute atomic E-state index is 6.00. The van der Waals surface area contributed by atoms with Gasteiger partial charge in [0.15, 0.2) is 17.0 Å². The van der Waals surface area contributed by atoms with Gasteiger partial charge >= 0.3 is 0 Å². The average Bonchev–Trinajstić information content (AvgIpc) is 3.28. The van der Waals surface area contributed by atoms with Gasteiger partial charge in [-0.15, -0.1) is 11.3 Å². The molecule has 126 valence electrons. The molecule has 0 amide bonds. The molecule has 4 aromatic rings. The fraction of sp³-hybridized carbons (Fsp3) is 0.125. The summed E-state index contributed by atoms with van der Waals surface area (Å²) < 4.78 is 5.71. The van der Waals surface area contributed by atoms with E-state index >= 15 is 0 Å². The number of nitrogens with one attached hydrogen (secondary N) is 2. The van der Waals surface area contributed by atoms with E-state index in [1.807, 2.05) is 35.7 Å². The number of thiazole rings is 1. The Labute approximate surface area is 152 Å². The molecule has 9 heteroatoms. The number of nitrogens with zero attached hydrogens (tertiary/aromatic N) is 4. The zero-order chi connectivity index (χ0) is 17.1. The van der Waals surface area contributed by atoms with Crippen molar-refractivity contribution in [1.29, 1.82) is 0 Å². The third-order valence-electron chi connectivity index (χ3n) is 3.40. The number of benzene rings is 1. The Morgan fingerprint density at radius 3 is 2.84 bits per heavy atom. The molecule has 7 nitrogen and oxygen atoms in total. The van der Waals surface area contributed by atoms with E-state index in [1.54, 1.807) is 17.5 Å². The highest BCUT2D eigenvalue weighted by atomic mass is 35.5. The zero-order valence-electron chi connectivity index (χ0n) is 12.9. The predicted molar refractivity (Wildman–Crippen MR) is 96.9 cm³/mol. The fourth-order valence-corrected chi connectivity index (χ4v) is 2.99. The van der Waals surface area contributed by atoms with Crippen molar-refractivity contribution in [3.8, 4) is 6.01 Å². The van der Waals surface area contributed by atoms with Gasteiger partial charge in [-0.05, 0) is 17.2 Å². The van der Waals surface area contributed by atoms with Crippen LogP contribution in [0.2, 0.25) is 5.28 Å². The molecule has 3 aromatic heterocycles. The van der Waals surface area contributed by atoms with E-state index in [0.717, 1.165) is 10.6 Å². The maximum atomic E-state index is 6.00. The van der Waals surface area contributed by atoms with Crippen LogP contribution in [-0.2, 0) is 13.2 Å². The van der Waals surface area contributed by atoms with E-state index in [4.69, 9.17) is 16.3 Å². The molecule has 0 spiro atoms. The summed E-state index contributed by atoms with van der Waals surface area (Å²) in [6, 6.07) is 10.2. The van der Waals surface area contributed by atoms with E-state index in [0.29, 0.717) is 36.1 Å². The van der Waals surface area contributed by atoms with Crippen LogP contribution in [0.5, 0.6) is 6.01 Å². The molecule has 0 fully saturated rings. The second-order valence-electron chi connectivity index (χ2n) is 5.13. The molecular formula is C16H13ClN6OS. The molecular weight excluding hydrogens is 360 g/mol. The van der Waals surface area contributed by atoms with Gasteiger partial charge in [0.2, 0.25) is 5.28 Å². The van der Waals surface area contributed by atoms with Gasteiger partial charge in [0.1, 0.15) is 11.6 Å². The molecule has 4 rings (SSSR count). The van der Waals surface area contributed by atoms with Crippen LogP contribution >= 0.6 is 22.9 Å².